The Morgan fingerprint density at radius 3 is 2.97 bits per heavy atom. The highest BCUT2D eigenvalue weighted by molar-refractivity contribution is 6.05. The first-order valence-corrected chi connectivity index (χ1v) is 10.5. The van der Waals surface area contributed by atoms with E-state index in [1.54, 1.807) is 29.2 Å². The number of aliphatic imine (C=N–C) groups is 1. The fourth-order valence-corrected chi connectivity index (χ4v) is 3.64. The van der Waals surface area contributed by atoms with Gasteiger partial charge in [-0.2, -0.15) is 0 Å². The zero-order chi connectivity index (χ0) is 23.2. The lowest BCUT2D eigenvalue weighted by atomic mass is 10.2. The monoisotopic (exact) mass is 451 g/mol. The number of morpholine rings is 1. The Balaban J connectivity index is 1.65. The van der Waals surface area contributed by atoms with Gasteiger partial charge in [-0.25, -0.2) is 15.8 Å². The van der Waals surface area contributed by atoms with Crippen LogP contribution < -0.4 is 21.5 Å². The average molecular weight is 451 g/mol. The summed E-state index contributed by atoms with van der Waals surface area (Å²) in [4.78, 5) is 35.5. The van der Waals surface area contributed by atoms with Gasteiger partial charge in [-0.1, -0.05) is 6.07 Å². The molecular weight excluding hydrogens is 426 g/mol. The number of hydrogen-bond acceptors (Lipinski definition) is 7. The van der Waals surface area contributed by atoms with Crippen molar-refractivity contribution in [2.75, 3.05) is 36.6 Å². The number of hydrogen-bond donors (Lipinski definition) is 4. The topological polar surface area (TPSA) is 147 Å². The predicted octanol–water partition coefficient (Wildman–Crippen LogP) is 1.16. The molecule has 2 amide bonds. The Morgan fingerprint density at radius 1 is 1.30 bits per heavy atom. The number of ether oxygens (including phenoxy) is 1. The number of amides is 2. The van der Waals surface area contributed by atoms with Crippen molar-refractivity contribution in [1.29, 1.82) is 0 Å². The number of imidazole rings is 1. The highest BCUT2D eigenvalue weighted by atomic mass is 16.5. The van der Waals surface area contributed by atoms with Gasteiger partial charge in [-0.05, 0) is 42.8 Å². The maximum absolute atomic E-state index is 12.9. The van der Waals surface area contributed by atoms with E-state index in [1.165, 1.54) is 6.34 Å². The molecule has 1 aliphatic rings. The summed E-state index contributed by atoms with van der Waals surface area (Å²) in [6, 6.07) is 12.3. The Bertz CT molecular complexity index is 1190. The van der Waals surface area contributed by atoms with Crippen molar-refractivity contribution in [3.8, 4) is 0 Å². The van der Waals surface area contributed by atoms with Gasteiger partial charge in [0.25, 0.3) is 11.8 Å². The maximum Gasteiger partial charge on any atom is 0.258 e. The Hall–Kier alpha value is -3.80. The van der Waals surface area contributed by atoms with E-state index in [1.807, 2.05) is 22.8 Å². The van der Waals surface area contributed by atoms with E-state index in [0.717, 1.165) is 11.2 Å². The molecular formula is C22H25N7O4. The smallest absolute Gasteiger partial charge is 0.258 e. The molecule has 0 saturated carbocycles. The van der Waals surface area contributed by atoms with Gasteiger partial charge in [0.15, 0.2) is 0 Å². The number of fused-ring (bicyclic) bond motifs is 1. The van der Waals surface area contributed by atoms with Crippen molar-refractivity contribution in [2.24, 2.45) is 10.8 Å². The molecule has 33 heavy (non-hydrogen) atoms. The van der Waals surface area contributed by atoms with Crippen molar-refractivity contribution >= 4 is 46.5 Å². The van der Waals surface area contributed by atoms with E-state index in [0.29, 0.717) is 48.8 Å². The zero-order valence-electron chi connectivity index (χ0n) is 17.9. The summed E-state index contributed by atoms with van der Waals surface area (Å²) in [5.74, 6) is 5.09. The van der Waals surface area contributed by atoms with Gasteiger partial charge in [-0.15, -0.1) is 0 Å². The molecule has 2 aromatic carbocycles. The number of nitrogens with one attached hydrogen (secondary N) is 2. The highest BCUT2D eigenvalue weighted by Gasteiger charge is 2.22. The number of nitrogens with zero attached hydrogens (tertiary/aromatic N) is 4. The number of nitrogens with two attached hydrogens (primary N) is 1. The lowest BCUT2D eigenvalue weighted by Crippen LogP contribution is -2.41. The van der Waals surface area contributed by atoms with Crippen molar-refractivity contribution in [2.45, 2.75) is 13.0 Å². The third kappa shape index (κ3) is 5.00. The number of carbonyl (C=O) groups excluding carboxylic acids is 2. The number of benzene rings is 2. The van der Waals surface area contributed by atoms with E-state index < -0.39 is 0 Å². The molecule has 1 aromatic heterocycles. The van der Waals surface area contributed by atoms with Gasteiger partial charge in [0, 0.05) is 30.9 Å². The van der Waals surface area contributed by atoms with E-state index in [4.69, 9.17) is 10.6 Å². The van der Waals surface area contributed by atoms with Gasteiger partial charge < -0.3 is 24.7 Å². The lowest BCUT2D eigenvalue weighted by molar-refractivity contribution is -0.125. The number of aryl methyl sites for hydroxylation is 1. The number of anilines is 2. The number of hydrazine groups is 1. The van der Waals surface area contributed by atoms with Crippen LogP contribution >= 0.6 is 0 Å². The van der Waals surface area contributed by atoms with Gasteiger partial charge in [0.05, 0.1) is 23.3 Å². The Morgan fingerprint density at radius 2 is 2.18 bits per heavy atom. The van der Waals surface area contributed by atoms with E-state index in [2.05, 4.69) is 20.7 Å². The first-order chi connectivity index (χ1) is 16.1. The van der Waals surface area contributed by atoms with Crippen LogP contribution in [0.15, 0.2) is 47.5 Å². The molecule has 0 spiro atoms. The molecule has 0 aliphatic carbocycles. The van der Waals surface area contributed by atoms with Crippen LogP contribution in [0.4, 0.5) is 17.3 Å². The summed E-state index contributed by atoms with van der Waals surface area (Å²) < 4.78 is 7.05. The minimum Gasteiger partial charge on any atom is -0.396 e. The number of rotatable bonds is 8. The quantitative estimate of drug-likeness (QED) is 0.174. The third-order valence-corrected chi connectivity index (χ3v) is 5.19. The highest BCUT2D eigenvalue weighted by Crippen LogP contribution is 2.27. The third-order valence-electron chi connectivity index (χ3n) is 5.19. The first kappa shape index (κ1) is 22.4. The van der Waals surface area contributed by atoms with Crippen molar-refractivity contribution in [3.63, 3.8) is 0 Å². The van der Waals surface area contributed by atoms with Gasteiger partial charge in [0.2, 0.25) is 5.95 Å². The summed E-state index contributed by atoms with van der Waals surface area (Å²) in [5, 5.41) is 12.2. The maximum atomic E-state index is 12.9. The van der Waals surface area contributed by atoms with Crippen molar-refractivity contribution < 1.29 is 19.4 Å². The normalized spacial score (nSPS) is 14.2. The zero-order valence-corrected chi connectivity index (χ0v) is 17.9. The molecule has 1 fully saturated rings. The molecule has 172 valence electrons. The van der Waals surface area contributed by atoms with E-state index in [9.17, 15) is 14.7 Å². The molecule has 0 radical (unpaired) electrons. The van der Waals surface area contributed by atoms with Crippen LogP contribution in [-0.2, 0) is 16.1 Å². The summed E-state index contributed by atoms with van der Waals surface area (Å²) in [6.07, 6.45) is 1.82. The molecule has 3 aromatic rings. The molecule has 0 bridgehead atoms. The van der Waals surface area contributed by atoms with Crippen LogP contribution in [0.25, 0.3) is 11.0 Å². The fraction of sp³-hybridized carbons (Fsp3) is 0.273. The number of aliphatic hydroxyl groups is 1. The standard InChI is InChI=1S/C22H25N7O4/c23-25-14-24-16-4-1-3-15(11-16)21(32)27-22-26-18-12-17(28-8-10-33-13-20(28)31)5-6-19(18)29(22)7-2-9-30/h1,3-6,11-12,14,30H,2,7-10,13,23H2,(H,24,25)(H,26,27,32). The molecule has 2 heterocycles. The van der Waals surface area contributed by atoms with E-state index >= 15 is 0 Å². The van der Waals surface area contributed by atoms with Crippen LogP contribution in [0.3, 0.4) is 0 Å². The number of aromatic nitrogens is 2. The Kier molecular flexibility index (Phi) is 6.93. The Labute approximate surface area is 189 Å². The van der Waals surface area contributed by atoms with Crippen LogP contribution in [0.5, 0.6) is 0 Å². The molecule has 11 heteroatoms. The second kappa shape index (κ2) is 10.2. The van der Waals surface area contributed by atoms with Crippen LogP contribution in [0, 0.1) is 0 Å². The SMILES string of the molecule is NNC=Nc1cccc(C(=O)Nc2nc3cc(N4CCOCC4=O)ccc3n2CCCO)c1. The first-order valence-electron chi connectivity index (χ1n) is 10.5. The number of carbonyl (C=O) groups is 2. The minimum atomic E-state index is -0.350. The van der Waals surface area contributed by atoms with Gasteiger partial charge in [-0.3, -0.25) is 14.9 Å². The fourth-order valence-electron chi connectivity index (χ4n) is 3.64. The largest absolute Gasteiger partial charge is 0.396 e. The van der Waals surface area contributed by atoms with E-state index in [-0.39, 0.29) is 25.0 Å². The molecule has 0 atom stereocenters. The molecule has 1 saturated heterocycles. The second-order valence-electron chi connectivity index (χ2n) is 7.36. The molecule has 5 N–H and O–H groups in total. The molecule has 1 aliphatic heterocycles. The number of aliphatic hydroxyl groups excluding tert-OH is 1. The minimum absolute atomic E-state index is 0.00263. The van der Waals surface area contributed by atoms with Crippen LogP contribution in [0.2, 0.25) is 0 Å². The van der Waals surface area contributed by atoms with Crippen molar-refractivity contribution in [3.05, 3.63) is 48.0 Å². The van der Waals surface area contributed by atoms with Crippen LogP contribution in [0.1, 0.15) is 16.8 Å². The predicted molar refractivity (Wildman–Crippen MR) is 124 cm³/mol. The van der Waals surface area contributed by atoms with Crippen LogP contribution in [-0.4, -0.2) is 59.2 Å². The second-order valence-corrected chi connectivity index (χ2v) is 7.36. The average Bonchev–Trinajstić information content (AvgIpc) is 3.17. The molecule has 4 rings (SSSR count). The lowest BCUT2D eigenvalue weighted by Gasteiger charge is -2.26. The summed E-state index contributed by atoms with van der Waals surface area (Å²) in [5.41, 5.74) is 5.43. The summed E-state index contributed by atoms with van der Waals surface area (Å²) in [7, 11) is 0. The van der Waals surface area contributed by atoms with Gasteiger partial charge in [0.1, 0.15) is 12.9 Å². The molecule has 0 unspecified atom stereocenters. The van der Waals surface area contributed by atoms with Crippen molar-refractivity contribution in [1.82, 2.24) is 15.0 Å². The summed E-state index contributed by atoms with van der Waals surface area (Å²) >= 11 is 0. The van der Waals surface area contributed by atoms with Gasteiger partial charge >= 0.3 is 0 Å². The summed E-state index contributed by atoms with van der Waals surface area (Å²) in [6.45, 7) is 1.46. The molecule has 11 nitrogen and oxygen atoms in total.